The fraction of sp³-hybridized carbons (Fsp3) is 0.727. The molecule has 0 radical (unpaired) electrons. The van der Waals surface area contributed by atoms with E-state index in [-0.39, 0.29) is 12.2 Å². The Balaban J connectivity index is 4.17. The van der Waals surface area contributed by atoms with Crippen molar-refractivity contribution in [1.82, 2.24) is 5.32 Å². The van der Waals surface area contributed by atoms with Crippen LogP contribution in [0.3, 0.4) is 0 Å². The van der Waals surface area contributed by atoms with Crippen LogP contribution in [0.25, 0.3) is 0 Å². The molecule has 106 valence electrons. The molecule has 0 rings (SSSR count). The molecule has 0 saturated heterocycles. The molecule has 0 amide bonds. The standard InChI is InChI=1S/C11H22NO5P/c1-5-6-12-7-8-17-11(13)10(2)9-18(14,15-3)16-4/h9,12H,5-8H2,1-4H3. The van der Waals surface area contributed by atoms with E-state index in [1.54, 1.807) is 0 Å². The van der Waals surface area contributed by atoms with Gasteiger partial charge in [-0.05, 0) is 19.9 Å². The Morgan fingerprint density at radius 1 is 1.28 bits per heavy atom. The molecule has 0 aromatic carbocycles. The van der Waals surface area contributed by atoms with Gasteiger partial charge in [0.05, 0.1) is 0 Å². The minimum atomic E-state index is -3.32. The summed E-state index contributed by atoms with van der Waals surface area (Å²) in [4.78, 5) is 11.5. The topological polar surface area (TPSA) is 73.9 Å². The van der Waals surface area contributed by atoms with Crippen LogP contribution >= 0.6 is 7.60 Å². The minimum absolute atomic E-state index is 0.206. The van der Waals surface area contributed by atoms with Crippen molar-refractivity contribution >= 4 is 13.6 Å². The van der Waals surface area contributed by atoms with E-state index in [4.69, 9.17) is 13.8 Å². The molecule has 0 spiro atoms. The van der Waals surface area contributed by atoms with E-state index < -0.39 is 13.6 Å². The lowest BCUT2D eigenvalue weighted by atomic mass is 10.4. The fourth-order valence-corrected chi connectivity index (χ4v) is 2.04. The van der Waals surface area contributed by atoms with Gasteiger partial charge in [0.1, 0.15) is 6.61 Å². The van der Waals surface area contributed by atoms with Gasteiger partial charge in [-0.1, -0.05) is 6.92 Å². The van der Waals surface area contributed by atoms with Gasteiger partial charge in [0.15, 0.2) is 0 Å². The second kappa shape index (κ2) is 9.28. The van der Waals surface area contributed by atoms with E-state index in [1.165, 1.54) is 21.1 Å². The molecule has 0 aromatic heterocycles. The summed E-state index contributed by atoms with van der Waals surface area (Å²) in [6, 6.07) is 0. The number of carbonyl (C=O) groups excluding carboxylic acids is 1. The van der Waals surface area contributed by atoms with Gasteiger partial charge in [0, 0.05) is 32.2 Å². The van der Waals surface area contributed by atoms with Crippen molar-refractivity contribution in [3.8, 4) is 0 Å². The van der Waals surface area contributed by atoms with Crippen molar-refractivity contribution in [2.75, 3.05) is 33.9 Å². The zero-order valence-electron chi connectivity index (χ0n) is 11.4. The van der Waals surface area contributed by atoms with E-state index in [2.05, 4.69) is 12.2 Å². The van der Waals surface area contributed by atoms with Gasteiger partial charge >= 0.3 is 13.6 Å². The highest BCUT2D eigenvalue weighted by atomic mass is 31.2. The number of esters is 1. The molecule has 0 aromatic rings. The molecule has 6 nitrogen and oxygen atoms in total. The van der Waals surface area contributed by atoms with Gasteiger partial charge in [-0.2, -0.15) is 0 Å². The molecular formula is C11H22NO5P. The van der Waals surface area contributed by atoms with Gasteiger partial charge in [-0.15, -0.1) is 0 Å². The number of rotatable bonds is 9. The van der Waals surface area contributed by atoms with E-state index in [0.717, 1.165) is 18.8 Å². The lowest BCUT2D eigenvalue weighted by molar-refractivity contribution is -0.138. The Morgan fingerprint density at radius 2 is 1.89 bits per heavy atom. The van der Waals surface area contributed by atoms with Crippen molar-refractivity contribution in [2.45, 2.75) is 20.3 Å². The first-order chi connectivity index (χ1) is 8.49. The van der Waals surface area contributed by atoms with Crippen LogP contribution in [0, 0.1) is 0 Å². The highest BCUT2D eigenvalue weighted by molar-refractivity contribution is 7.57. The summed E-state index contributed by atoms with van der Waals surface area (Å²) in [6.45, 7) is 5.31. The van der Waals surface area contributed by atoms with Crippen LogP contribution in [0.4, 0.5) is 0 Å². The van der Waals surface area contributed by atoms with Crippen LogP contribution in [0.5, 0.6) is 0 Å². The maximum atomic E-state index is 11.7. The quantitative estimate of drug-likeness (QED) is 0.301. The molecule has 0 saturated carbocycles. The van der Waals surface area contributed by atoms with Crippen LogP contribution in [-0.4, -0.2) is 39.9 Å². The zero-order valence-corrected chi connectivity index (χ0v) is 12.3. The van der Waals surface area contributed by atoms with Crippen molar-refractivity contribution in [1.29, 1.82) is 0 Å². The van der Waals surface area contributed by atoms with Crippen LogP contribution in [0.15, 0.2) is 11.4 Å². The van der Waals surface area contributed by atoms with E-state index >= 15 is 0 Å². The predicted molar refractivity (Wildman–Crippen MR) is 69.5 cm³/mol. The molecule has 0 atom stereocenters. The summed E-state index contributed by atoms with van der Waals surface area (Å²) >= 11 is 0. The zero-order chi connectivity index (χ0) is 14.0. The maximum absolute atomic E-state index is 11.7. The van der Waals surface area contributed by atoms with Crippen LogP contribution in [0.2, 0.25) is 0 Å². The summed E-state index contributed by atoms with van der Waals surface area (Å²) in [7, 11) is -0.803. The van der Waals surface area contributed by atoms with Gasteiger partial charge in [-0.25, -0.2) is 4.79 Å². The molecule has 1 N–H and O–H groups in total. The molecule has 0 fully saturated rings. The van der Waals surface area contributed by atoms with Crippen LogP contribution in [-0.2, 0) is 23.1 Å². The molecule has 0 aliphatic rings. The third-order valence-electron chi connectivity index (χ3n) is 2.12. The molecule has 0 aliphatic heterocycles. The van der Waals surface area contributed by atoms with Crippen LogP contribution < -0.4 is 5.32 Å². The normalized spacial score (nSPS) is 12.6. The monoisotopic (exact) mass is 279 g/mol. The Kier molecular flexibility index (Phi) is 8.93. The minimum Gasteiger partial charge on any atom is -0.461 e. The molecule has 0 heterocycles. The highest BCUT2D eigenvalue weighted by Crippen LogP contribution is 2.48. The molecule has 0 bridgehead atoms. The largest absolute Gasteiger partial charge is 0.461 e. The van der Waals surface area contributed by atoms with Gasteiger partial charge in [0.25, 0.3) is 0 Å². The first-order valence-electron chi connectivity index (χ1n) is 5.77. The second-order valence-electron chi connectivity index (χ2n) is 3.60. The molecule has 0 aliphatic carbocycles. The Bertz CT molecular complexity index is 321. The highest BCUT2D eigenvalue weighted by Gasteiger charge is 2.20. The summed E-state index contributed by atoms with van der Waals surface area (Å²) in [5.74, 6) is 0.636. The Morgan fingerprint density at radius 3 is 2.39 bits per heavy atom. The van der Waals surface area contributed by atoms with Gasteiger partial charge in [0.2, 0.25) is 0 Å². The smallest absolute Gasteiger partial charge is 0.354 e. The number of hydrogen-bond acceptors (Lipinski definition) is 6. The van der Waals surface area contributed by atoms with Crippen molar-refractivity contribution in [2.24, 2.45) is 0 Å². The predicted octanol–water partition coefficient (Wildman–Crippen LogP) is 1.92. The van der Waals surface area contributed by atoms with Crippen molar-refractivity contribution in [3.05, 3.63) is 11.4 Å². The van der Waals surface area contributed by atoms with Crippen LogP contribution in [0.1, 0.15) is 20.3 Å². The van der Waals surface area contributed by atoms with Crippen molar-refractivity contribution < 1.29 is 23.1 Å². The number of ether oxygens (including phenoxy) is 1. The summed E-state index contributed by atoms with van der Waals surface area (Å²) < 4.78 is 26.1. The SMILES string of the molecule is CCCNCCOC(=O)C(C)=CP(=O)(OC)OC. The van der Waals surface area contributed by atoms with Gasteiger partial charge in [-0.3, -0.25) is 4.57 Å². The average molecular weight is 279 g/mol. The van der Waals surface area contributed by atoms with Crippen molar-refractivity contribution in [3.63, 3.8) is 0 Å². The first kappa shape index (κ1) is 17.3. The molecule has 0 unspecified atom stereocenters. The molecular weight excluding hydrogens is 257 g/mol. The molecule has 18 heavy (non-hydrogen) atoms. The summed E-state index contributed by atoms with van der Waals surface area (Å²) in [5, 5.41) is 3.10. The lowest BCUT2D eigenvalue weighted by Gasteiger charge is -2.10. The lowest BCUT2D eigenvalue weighted by Crippen LogP contribution is -2.22. The second-order valence-corrected chi connectivity index (χ2v) is 5.67. The number of carbonyl (C=O) groups is 1. The summed E-state index contributed by atoms with van der Waals surface area (Å²) in [5.41, 5.74) is 0.206. The van der Waals surface area contributed by atoms with E-state index in [1.807, 2.05) is 0 Å². The van der Waals surface area contributed by atoms with E-state index in [9.17, 15) is 9.36 Å². The number of hydrogen-bond donors (Lipinski definition) is 1. The fourth-order valence-electron chi connectivity index (χ4n) is 1.10. The van der Waals surface area contributed by atoms with Gasteiger partial charge < -0.3 is 19.1 Å². The summed E-state index contributed by atoms with van der Waals surface area (Å²) in [6.07, 6.45) is 1.03. The Labute approximate surface area is 108 Å². The van der Waals surface area contributed by atoms with E-state index in [0.29, 0.717) is 6.54 Å². The number of nitrogens with one attached hydrogen (secondary N) is 1. The maximum Gasteiger partial charge on any atom is 0.354 e. The third kappa shape index (κ3) is 6.91. The third-order valence-corrected chi connectivity index (χ3v) is 3.84. The Hall–Kier alpha value is -0.680. The first-order valence-corrected chi connectivity index (χ1v) is 7.38. The molecule has 7 heteroatoms. The average Bonchev–Trinajstić information content (AvgIpc) is 2.38.